The second kappa shape index (κ2) is 6.08. The monoisotopic (exact) mass is 274 g/mol. The van der Waals surface area contributed by atoms with Gasteiger partial charge in [0.15, 0.2) is 0 Å². The van der Waals surface area contributed by atoms with Crippen molar-refractivity contribution in [1.82, 2.24) is 0 Å². The van der Waals surface area contributed by atoms with Crippen LogP contribution in [0.15, 0.2) is 0 Å². The third-order valence-corrected chi connectivity index (χ3v) is 4.31. The molecule has 19 heavy (non-hydrogen) atoms. The highest BCUT2D eigenvalue weighted by molar-refractivity contribution is 4.93. The van der Waals surface area contributed by atoms with Crippen LogP contribution in [0.1, 0.15) is 53.9 Å². The first-order valence-corrected chi connectivity index (χ1v) is 7.24. The van der Waals surface area contributed by atoms with E-state index in [4.69, 9.17) is 9.84 Å². The van der Waals surface area contributed by atoms with Gasteiger partial charge >= 0.3 is 0 Å². The summed E-state index contributed by atoms with van der Waals surface area (Å²) in [5.74, 6) is 0. The molecule has 1 aliphatic rings. The molecule has 114 valence electrons. The molecule has 4 heteroatoms. The number of hydrogen-bond acceptors (Lipinski definition) is 4. The van der Waals surface area contributed by atoms with Crippen molar-refractivity contribution in [2.45, 2.75) is 78.3 Å². The van der Waals surface area contributed by atoms with Gasteiger partial charge in [-0.15, -0.1) is 0 Å². The van der Waals surface area contributed by atoms with Gasteiger partial charge in [0, 0.05) is 0 Å². The Morgan fingerprint density at radius 2 is 1.47 bits per heavy atom. The summed E-state index contributed by atoms with van der Waals surface area (Å²) in [5, 5.41) is 28.9. The van der Waals surface area contributed by atoms with Crippen LogP contribution in [0.2, 0.25) is 0 Å². The zero-order valence-electron chi connectivity index (χ0n) is 12.9. The highest BCUT2D eigenvalue weighted by Crippen LogP contribution is 2.41. The van der Waals surface area contributed by atoms with Crippen molar-refractivity contribution < 1.29 is 20.1 Å². The van der Waals surface area contributed by atoms with Crippen molar-refractivity contribution in [2.24, 2.45) is 10.8 Å². The Morgan fingerprint density at radius 1 is 0.947 bits per heavy atom. The van der Waals surface area contributed by atoms with Crippen LogP contribution < -0.4 is 0 Å². The molecule has 0 amide bonds. The third kappa shape index (κ3) is 4.42. The molecule has 1 rings (SSSR count). The van der Waals surface area contributed by atoms with Crippen molar-refractivity contribution in [3.8, 4) is 0 Å². The van der Waals surface area contributed by atoms with Crippen LogP contribution >= 0.6 is 0 Å². The van der Waals surface area contributed by atoms with E-state index in [9.17, 15) is 10.2 Å². The minimum atomic E-state index is -0.981. The normalized spacial score (nSPS) is 32.8. The van der Waals surface area contributed by atoms with E-state index >= 15 is 0 Å². The minimum Gasteiger partial charge on any atom is -0.394 e. The first-order valence-electron chi connectivity index (χ1n) is 7.24. The lowest BCUT2D eigenvalue weighted by molar-refractivity contribution is -0.0392. The molecule has 0 spiro atoms. The van der Waals surface area contributed by atoms with Crippen LogP contribution in [0.3, 0.4) is 0 Å². The molecule has 1 fully saturated rings. The highest BCUT2D eigenvalue weighted by atomic mass is 16.6. The molecule has 4 atom stereocenters. The molecule has 0 aromatic rings. The van der Waals surface area contributed by atoms with Gasteiger partial charge in [-0.3, -0.25) is 0 Å². The first kappa shape index (κ1) is 16.9. The minimum absolute atomic E-state index is 0.0230. The Balaban J connectivity index is 2.63. The first-order chi connectivity index (χ1) is 8.62. The van der Waals surface area contributed by atoms with Gasteiger partial charge in [0.25, 0.3) is 0 Å². The molecular formula is C15H30O4. The quantitative estimate of drug-likeness (QED) is 0.689. The maximum atomic E-state index is 9.99. The van der Waals surface area contributed by atoms with Crippen molar-refractivity contribution in [2.75, 3.05) is 6.61 Å². The van der Waals surface area contributed by atoms with Crippen LogP contribution in [0.25, 0.3) is 0 Å². The van der Waals surface area contributed by atoms with Gasteiger partial charge in [-0.25, -0.2) is 0 Å². The van der Waals surface area contributed by atoms with Gasteiger partial charge in [0.05, 0.1) is 12.7 Å². The lowest BCUT2D eigenvalue weighted by Gasteiger charge is -2.36. The summed E-state index contributed by atoms with van der Waals surface area (Å²) in [6.07, 6.45) is -0.114. The molecule has 0 saturated carbocycles. The Bertz CT molecular complexity index is 288. The lowest BCUT2D eigenvalue weighted by Crippen LogP contribution is -2.36. The summed E-state index contributed by atoms with van der Waals surface area (Å²) in [5.41, 5.74) is 0.275. The van der Waals surface area contributed by atoms with E-state index in [0.29, 0.717) is 6.42 Å². The van der Waals surface area contributed by atoms with E-state index in [-0.39, 0.29) is 17.4 Å². The Hall–Kier alpha value is -0.160. The molecule has 0 aromatic heterocycles. The maximum Gasteiger partial charge on any atom is 0.111 e. The van der Waals surface area contributed by atoms with Crippen molar-refractivity contribution in [1.29, 1.82) is 0 Å². The van der Waals surface area contributed by atoms with Crippen LogP contribution in [-0.4, -0.2) is 46.3 Å². The number of hydrogen-bond donors (Lipinski definition) is 3. The van der Waals surface area contributed by atoms with Gasteiger partial charge < -0.3 is 20.1 Å². The predicted octanol–water partition coefficient (Wildman–Crippen LogP) is 1.71. The predicted molar refractivity (Wildman–Crippen MR) is 74.8 cm³/mol. The van der Waals surface area contributed by atoms with Gasteiger partial charge in [0.2, 0.25) is 0 Å². The fourth-order valence-corrected chi connectivity index (χ4v) is 3.18. The van der Waals surface area contributed by atoms with E-state index in [1.165, 1.54) is 0 Å². The SMILES string of the molecule is CCC(C)(C)CC(C)(C)CC1OC(CO)C(O)C1O. The summed E-state index contributed by atoms with van der Waals surface area (Å²) >= 11 is 0. The molecule has 4 nitrogen and oxygen atoms in total. The van der Waals surface area contributed by atoms with Gasteiger partial charge in [-0.2, -0.15) is 0 Å². The van der Waals surface area contributed by atoms with E-state index in [0.717, 1.165) is 12.8 Å². The van der Waals surface area contributed by atoms with Crippen LogP contribution in [0.5, 0.6) is 0 Å². The molecule has 3 N–H and O–H groups in total. The van der Waals surface area contributed by atoms with E-state index in [2.05, 4.69) is 34.6 Å². The second-order valence-corrected chi connectivity index (χ2v) is 7.44. The highest BCUT2D eigenvalue weighted by Gasteiger charge is 2.44. The van der Waals surface area contributed by atoms with E-state index in [1.54, 1.807) is 0 Å². The topological polar surface area (TPSA) is 69.9 Å². The van der Waals surface area contributed by atoms with Crippen molar-refractivity contribution >= 4 is 0 Å². The summed E-state index contributed by atoms with van der Waals surface area (Å²) < 4.78 is 5.57. The van der Waals surface area contributed by atoms with E-state index < -0.39 is 24.4 Å². The number of rotatable bonds is 6. The average Bonchev–Trinajstić information content (AvgIpc) is 2.55. The molecule has 4 unspecified atom stereocenters. The maximum absolute atomic E-state index is 9.99. The smallest absolute Gasteiger partial charge is 0.111 e. The van der Waals surface area contributed by atoms with Gasteiger partial charge in [-0.1, -0.05) is 41.0 Å². The summed E-state index contributed by atoms with van der Waals surface area (Å²) in [4.78, 5) is 0. The van der Waals surface area contributed by atoms with Crippen molar-refractivity contribution in [3.05, 3.63) is 0 Å². The Morgan fingerprint density at radius 3 is 1.89 bits per heavy atom. The zero-order chi connectivity index (χ0) is 14.8. The molecule has 0 radical (unpaired) electrons. The molecule has 1 aliphatic heterocycles. The fraction of sp³-hybridized carbons (Fsp3) is 1.00. The summed E-state index contributed by atoms with van der Waals surface area (Å²) in [7, 11) is 0. The van der Waals surface area contributed by atoms with Gasteiger partial charge in [-0.05, 0) is 23.7 Å². The largest absolute Gasteiger partial charge is 0.394 e. The molecule has 1 saturated heterocycles. The molecule has 0 bridgehead atoms. The van der Waals surface area contributed by atoms with Crippen LogP contribution in [-0.2, 0) is 4.74 Å². The number of ether oxygens (including phenoxy) is 1. The fourth-order valence-electron chi connectivity index (χ4n) is 3.18. The average molecular weight is 274 g/mol. The summed E-state index contributed by atoms with van der Waals surface area (Å²) in [6, 6.07) is 0. The molecular weight excluding hydrogens is 244 g/mol. The molecule has 1 heterocycles. The zero-order valence-corrected chi connectivity index (χ0v) is 12.9. The third-order valence-electron chi connectivity index (χ3n) is 4.31. The van der Waals surface area contributed by atoms with Gasteiger partial charge in [0.1, 0.15) is 18.3 Å². The van der Waals surface area contributed by atoms with Crippen molar-refractivity contribution in [3.63, 3.8) is 0 Å². The standard InChI is InChI=1S/C15H30O4/c1-6-14(2,3)9-15(4,5)7-10-12(17)13(18)11(8-16)19-10/h10-13,16-18H,6-9H2,1-5H3. The second-order valence-electron chi connectivity index (χ2n) is 7.44. The number of aliphatic hydroxyl groups excluding tert-OH is 3. The Labute approximate surface area is 116 Å². The van der Waals surface area contributed by atoms with Crippen LogP contribution in [0, 0.1) is 10.8 Å². The summed E-state index contributed by atoms with van der Waals surface area (Å²) in [6.45, 7) is 10.7. The Kier molecular flexibility index (Phi) is 5.41. The van der Waals surface area contributed by atoms with E-state index in [1.807, 2.05) is 0 Å². The van der Waals surface area contributed by atoms with Crippen LogP contribution in [0.4, 0.5) is 0 Å². The number of aliphatic hydroxyl groups is 3. The molecule has 0 aromatic carbocycles. The molecule has 0 aliphatic carbocycles. The lowest BCUT2D eigenvalue weighted by atomic mass is 9.71.